The Balaban J connectivity index is 2.86. The molecule has 0 radical (unpaired) electrons. The molecular formula is C15H20ClN3O. The Labute approximate surface area is 123 Å². The van der Waals surface area contributed by atoms with Crippen LogP contribution in [0.4, 0.5) is 5.69 Å². The zero-order valence-electron chi connectivity index (χ0n) is 12.3. The van der Waals surface area contributed by atoms with Crippen molar-refractivity contribution in [3.63, 3.8) is 0 Å². The molecule has 2 N–H and O–H groups in total. The van der Waals surface area contributed by atoms with E-state index in [4.69, 9.17) is 17.3 Å². The van der Waals surface area contributed by atoms with E-state index in [1.165, 1.54) is 0 Å². The van der Waals surface area contributed by atoms with Gasteiger partial charge in [-0.25, -0.2) is 4.68 Å². The average molecular weight is 294 g/mol. The largest absolute Gasteiger partial charge is 0.393 e. The summed E-state index contributed by atoms with van der Waals surface area (Å²) in [5, 5.41) is 0.530. The van der Waals surface area contributed by atoms with Crippen molar-refractivity contribution in [3.05, 3.63) is 45.3 Å². The molecule has 0 bridgehead atoms. The molecule has 0 aliphatic rings. The van der Waals surface area contributed by atoms with E-state index in [2.05, 4.69) is 0 Å². The lowest BCUT2D eigenvalue weighted by atomic mass is 9.91. The lowest BCUT2D eigenvalue weighted by Gasteiger charge is -2.23. The minimum Gasteiger partial charge on any atom is -0.393 e. The maximum Gasteiger partial charge on any atom is 0.294 e. The number of rotatable bonds is 2. The molecule has 1 aromatic heterocycles. The number of nitrogens with two attached hydrogens (primary N) is 1. The first-order valence-electron chi connectivity index (χ1n) is 6.65. The minimum atomic E-state index is -0.218. The number of benzene rings is 1. The van der Waals surface area contributed by atoms with Gasteiger partial charge < -0.3 is 5.73 Å². The summed E-state index contributed by atoms with van der Waals surface area (Å²) < 4.78 is 3.47. The molecule has 0 spiro atoms. The maximum atomic E-state index is 12.5. The molecule has 2 rings (SSSR count). The van der Waals surface area contributed by atoms with Crippen molar-refractivity contribution in [1.29, 1.82) is 0 Å². The van der Waals surface area contributed by atoms with Crippen LogP contribution >= 0.6 is 11.6 Å². The fraction of sp³-hybridized carbons (Fsp3) is 0.400. The summed E-state index contributed by atoms with van der Waals surface area (Å²) in [5.74, 6) is 0. The van der Waals surface area contributed by atoms with Crippen molar-refractivity contribution in [3.8, 4) is 5.69 Å². The Kier molecular flexibility index (Phi) is 3.69. The van der Waals surface area contributed by atoms with Gasteiger partial charge in [0.2, 0.25) is 0 Å². The summed E-state index contributed by atoms with van der Waals surface area (Å²) in [5.41, 5.74) is 7.41. The van der Waals surface area contributed by atoms with Gasteiger partial charge in [-0.1, -0.05) is 44.5 Å². The highest BCUT2D eigenvalue weighted by Crippen LogP contribution is 2.29. The van der Waals surface area contributed by atoms with E-state index in [0.29, 0.717) is 22.9 Å². The number of hydrogen-bond acceptors (Lipinski definition) is 2. The van der Waals surface area contributed by atoms with Crippen LogP contribution in [0.25, 0.3) is 5.69 Å². The number of anilines is 1. The first-order valence-corrected chi connectivity index (χ1v) is 7.03. The lowest BCUT2D eigenvalue weighted by Crippen LogP contribution is -2.24. The Hall–Kier alpha value is -1.68. The van der Waals surface area contributed by atoms with Gasteiger partial charge in [-0.05, 0) is 19.1 Å². The maximum absolute atomic E-state index is 12.5. The van der Waals surface area contributed by atoms with Crippen molar-refractivity contribution in [2.45, 2.75) is 39.7 Å². The van der Waals surface area contributed by atoms with E-state index in [9.17, 15) is 4.79 Å². The fourth-order valence-corrected chi connectivity index (χ4v) is 2.73. The minimum absolute atomic E-state index is 0.217. The van der Waals surface area contributed by atoms with E-state index in [-0.39, 0.29) is 11.0 Å². The summed E-state index contributed by atoms with van der Waals surface area (Å²) in [6.07, 6.45) is 0. The van der Waals surface area contributed by atoms with Crippen LogP contribution in [0.15, 0.2) is 29.1 Å². The molecule has 0 saturated heterocycles. The molecule has 0 aliphatic heterocycles. The fourth-order valence-electron chi connectivity index (χ4n) is 2.52. The Bertz CT molecular complexity index is 692. The third-order valence-corrected chi connectivity index (χ3v) is 3.59. The van der Waals surface area contributed by atoms with Gasteiger partial charge in [0.15, 0.2) is 0 Å². The molecule has 1 heterocycles. The molecular weight excluding hydrogens is 274 g/mol. The summed E-state index contributed by atoms with van der Waals surface area (Å²) in [7, 11) is 0. The molecule has 0 saturated carbocycles. The normalized spacial score (nSPS) is 11.8. The van der Waals surface area contributed by atoms with Crippen LogP contribution in [0.3, 0.4) is 0 Å². The van der Waals surface area contributed by atoms with E-state index in [0.717, 1.165) is 5.69 Å². The SMILES string of the molecule is CCn1c(C(C)(C)C)c(N)c(=O)n1-c1ccccc1Cl. The molecule has 5 heteroatoms. The molecule has 2 aromatic rings. The highest BCUT2D eigenvalue weighted by Gasteiger charge is 2.27. The smallest absolute Gasteiger partial charge is 0.294 e. The number of nitrogens with zero attached hydrogens (tertiary/aromatic N) is 2. The summed E-state index contributed by atoms with van der Waals surface area (Å²) in [4.78, 5) is 12.5. The number of aromatic nitrogens is 2. The first kappa shape index (κ1) is 14.7. The van der Waals surface area contributed by atoms with Crippen LogP contribution in [0.2, 0.25) is 5.02 Å². The average Bonchev–Trinajstić information content (AvgIpc) is 2.62. The molecule has 1 aromatic carbocycles. The summed E-state index contributed by atoms with van der Waals surface area (Å²) in [6, 6.07) is 7.28. The van der Waals surface area contributed by atoms with E-state index >= 15 is 0 Å². The van der Waals surface area contributed by atoms with Crippen LogP contribution in [-0.4, -0.2) is 9.36 Å². The number of nitrogen functional groups attached to an aromatic ring is 1. The molecule has 108 valence electrons. The molecule has 0 amide bonds. The standard InChI is InChI=1S/C15H20ClN3O/c1-5-18-13(15(2,3)4)12(17)14(20)19(18)11-9-7-6-8-10(11)16/h6-9H,5,17H2,1-4H3. The number of para-hydroxylation sites is 1. The molecule has 0 fully saturated rings. The molecule has 0 atom stereocenters. The first-order chi connectivity index (χ1) is 9.29. The summed E-state index contributed by atoms with van der Waals surface area (Å²) in [6.45, 7) is 8.76. The quantitative estimate of drug-likeness (QED) is 0.924. The van der Waals surface area contributed by atoms with Gasteiger partial charge in [-0.3, -0.25) is 9.48 Å². The third kappa shape index (κ3) is 2.24. The van der Waals surface area contributed by atoms with Crippen molar-refractivity contribution < 1.29 is 0 Å². The Morgan fingerprint density at radius 2 is 1.85 bits per heavy atom. The number of halogens is 1. The molecule has 0 unspecified atom stereocenters. The van der Waals surface area contributed by atoms with Crippen LogP contribution in [0.5, 0.6) is 0 Å². The highest BCUT2D eigenvalue weighted by atomic mass is 35.5. The zero-order chi connectivity index (χ0) is 15.1. The van der Waals surface area contributed by atoms with Crippen LogP contribution in [0, 0.1) is 0 Å². The van der Waals surface area contributed by atoms with Gasteiger partial charge in [0.05, 0.1) is 16.4 Å². The van der Waals surface area contributed by atoms with Crippen LogP contribution in [0.1, 0.15) is 33.4 Å². The third-order valence-electron chi connectivity index (χ3n) is 3.27. The Morgan fingerprint density at radius 1 is 1.25 bits per heavy atom. The predicted octanol–water partition coefficient (Wildman–Crippen LogP) is 3.19. The van der Waals surface area contributed by atoms with Gasteiger partial charge in [0, 0.05) is 12.0 Å². The van der Waals surface area contributed by atoms with E-state index in [1.54, 1.807) is 10.7 Å². The molecule has 4 nitrogen and oxygen atoms in total. The zero-order valence-corrected chi connectivity index (χ0v) is 13.0. The van der Waals surface area contributed by atoms with Gasteiger partial charge in [-0.15, -0.1) is 0 Å². The Morgan fingerprint density at radius 3 is 2.35 bits per heavy atom. The van der Waals surface area contributed by atoms with Crippen LogP contribution in [-0.2, 0) is 12.0 Å². The van der Waals surface area contributed by atoms with Crippen molar-refractivity contribution in [2.75, 3.05) is 5.73 Å². The predicted molar refractivity (Wildman–Crippen MR) is 83.8 cm³/mol. The van der Waals surface area contributed by atoms with Crippen LogP contribution < -0.4 is 11.3 Å². The number of hydrogen-bond donors (Lipinski definition) is 1. The second kappa shape index (κ2) is 5.02. The molecule has 20 heavy (non-hydrogen) atoms. The summed E-state index contributed by atoms with van der Waals surface area (Å²) >= 11 is 6.22. The van der Waals surface area contributed by atoms with E-state index in [1.807, 2.05) is 50.6 Å². The van der Waals surface area contributed by atoms with Gasteiger partial charge >= 0.3 is 0 Å². The van der Waals surface area contributed by atoms with Crippen molar-refractivity contribution in [2.24, 2.45) is 0 Å². The molecule has 0 aliphatic carbocycles. The van der Waals surface area contributed by atoms with Gasteiger partial charge in [-0.2, -0.15) is 0 Å². The van der Waals surface area contributed by atoms with Gasteiger partial charge in [0.25, 0.3) is 5.56 Å². The second-order valence-electron chi connectivity index (χ2n) is 5.80. The lowest BCUT2D eigenvalue weighted by molar-refractivity contribution is 0.470. The van der Waals surface area contributed by atoms with Gasteiger partial charge in [0.1, 0.15) is 5.69 Å². The van der Waals surface area contributed by atoms with Crippen molar-refractivity contribution in [1.82, 2.24) is 9.36 Å². The van der Waals surface area contributed by atoms with E-state index < -0.39 is 0 Å². The monoisotopic (exact) mass is 293 g/mol. The van der Waals surface area contributed by atoms with Crippen molar-refractivity contribution >= 4 is 17.3 Å². The topological polar surface area (TPSA) is 52.9 Å². The second-order valence-corrected chi connectivity index (χ2v) is 6.20. The highest BCUT2D eigenvalue weighted by molar-refractivity contribution is 6.32.